The summed E-state index contributed by atoms with van der Waals surface area (Å²) in [5, 5.41) is 6.52. The van der Waals surface area contributed by atoms with Gasteiger partial charge in [-0.15, -0.1) is 11.3 Å². The van der Waals surface area contributed by atoms with E-state index in [4.69, 9.17) is 23.2 Å². The second kappa shape index (κ2) is 7.11. The van der Waals surface area contributed by atoms with E-state index in [0.29, 0.717) is 21.7 Å². The molecule has 0 spiro atoms. The number of rotatable bonds is 5. The number of halogens is 2. The molecule has 2 aromatic rings. The van der Waals surface area contributed by atoms with Crippen LogP contribution < -0.4 is 10.6 Å². The summed E-state index contributed by atoms with van der Waals surface area (Å²) in [6, 6.07) is 5.43. The summed E-state index contributed by atoms with van der Waals surface area (Å²) in [7, 11) is 0. The molecule has 0 fully saturated rings. The predicted molar refractivity (Wildman–Crippen MR) is 89.4 cm³/mol. The SMILES string of the molecule is CC(C)C(=O)Nc1ccc(NCc2cnc(Cl)s2)cc1Cl. The van der Waals surface area contributed by atoms with Crippen LogP contribution in [0.5, 0.6) is 0 Å². The maximum atomic E-state index is 11.7. The first-order valence-corrected chi connectivity index (χ1v) is 7.97. The van der Waals surface area contributed by atoms with E-state index in [1.54, 1.807) is 18.3 Å². The summed E-state index contributed by atoms with van der Waals surface area (Å²) >= 11 is 13.4. The van der Waals surface area contributed by atoms with Gasteiger partial charge in [-0.25, -0.2) is 4.98 Å². The third-order valence-electron chi connectivity index (χ3n) is 2.74. The number of amides is 1. The van der Waals surface area contributed by atoms with Crippen molar-refractivity contribution in [3.05, 3.63) is 38.8 Å². The minimum Gasteiger partial charge on any atom is -0.380 e. The van der Waals surface area contributed by atoms with E-state index in [1.807, 2.05) is 19.9 Å². The van der Waals surface area contributed by atoms with E-state index in [9.17, 15) is 4.79 Å². The number of hydrogen-bond donors (Lipinski definition) is 2. The normalized spacial score (nSPS) is 10.7. The Balaban J connectivity index is 2.00. The van der Waals surface area contributed by atoms with Gasteiger partial charge >= 0.3 is 0 Å². The number of anilines is 2. The standard InChI is InChI=1S/C14H15Cl2N3OS/c1-8(2)13(20)19-12-4-3-9(5-11(12)15)17-6-10-7-18-14(16)21-10/h3-5,7-8,17H,6H2,1-2H3,(H,19,20). The largest absolute Gasteiger partial charge is 0.380 e. The van der Waals surface area contributed by atoms with Crippen LogP contribution in [0.4, 0.5) is 11.4 Å². The zero-order valence-electron chi connectivity index (χ0n) is 11.6. The van der Waals surface area contributed by atoms with Crippen molar-refractivity contribution in [1.82, 2.24) is 4.98 Å². The molecule has 0 saturated heterocycles. The quantitative estimate of drug-likeness (QED) is 0.830. The molecule has 0 bridgehead atoms. The number of hydrogen-bond acceptors (Lipinski definition) is 4. The lowest BCUT2D eigenvalue weighted by molar-refractivity contribution is -0.118. The summed E-state index contributed by atoms with van der Waals surface area (Å²) in [6.45, 7) is 4.29. The monoisotopic (exact) mass is 343 g/mol. The highest BCUT2D eigenvalue weighted by molar-refractivity contribution is 7.15. The van der Waals surface area contributed by atoms with Gasteiger partial charge in [0.1, 0.15) is 0 Å². The van der Waals surface area contributed by atoms with Gasteiger partial charge in [-0.2, -0.15) is 0 Å². The second-order valence-corrected chi connectivity index (χ2v) is 6.88. The zero-order chi connectivity index (χ0) is 15.4. The highest BCUT2D eigenvalue weighted by Crippen LogP contribution is 2.27. The van der Waals surface area contributed by atoms with Crippen molar-refractivity contribution in [2.45, 2.75) is 20.4 Å². The van der Waals surface area contributed by atoms with E-state index in [2.05, 4.69) is 15.6 Å². The van der Waals surface area contributed by atoms with Gasteiger partial charge in [-0.1, -0.05) is 37.0 Å². The summed E-state index contributed by atoms with van der Waals surface area (Å²) in [5.74, 6) is -0.146. The van der Waals surface area contributed by atoms with Crippen LogP contribution in [0.2, 0.25) is 9.49 Å². The van der Waals surface area contributed by atoms with Crippen molar-refractivity contribution in [2.75, 3.05) is 10.6 Å². The minimum absolute atomic E-state index is 0.0584. The first-order valence-electron chi connectivity index (χ1n) is 6.40. The second-order valence-electron chi connectivity index (χ2n) is 4.77. The number of carbonyl (C=O) groups is 1. The maximum absolute atomic E-state index is 11.7. The zero-order valence-corrected chi connectivity index (χ0v) is 13.9. The van der Waals surface area contributed by atoms with Gasteiger partial charge in [0.25, 0.3) is 0 Å². The van der Waals surface area contributed by atoms with Gasteiger partial charge in [-0.05, 0) is 18.2 Å². The summed E-state index contributed by atoms with van der Waals surface area (Å²) in [4.78, 5) is 16.7. The van der Waals surface area contributed by atoms with Gasteiger partial charge < -0.3 is 10.6 Å². The van der Waals surface area contributed by atoms with E-state index < -0.39 is 0 Å². The molecule has 0 aliphatic carbocycles. The molecule has 2 N–H and O–H groups in total. The Kier molecular flexibility index (Phi) is 5.45. The molecule has 0 aliphatic rings. The van der Waals surface area contributed by atoms with Crippen LogP contribution in [0.25, 0.3) is 0 Å². The van der Waals surface area contributed by atoms with Crippen LogP contribution in [0.15, 0.2) is 24.4 Å². The van der Waals surface area contributed by atoms with Crippen LogP contribution in [-0.4, -0.2) is 10.9 Å². The van der Waals surface area contributed by atoms with E-state index in [1.165, 1.54) is 11.3 Å². The number of nitrogens with zero attached hydrogens (tertiary/aromatic N) is 1. The molecule has 21 heavy (non-hydrogen) atoms. The molecule has 1 heterocycles. The summed E-state index contributed by atoms with van der Waals surface area (Å²) < 4.78 is 0.525. The van der Waals surface area contributed by atoms with Gasteiger partial charge in [0.05, 0.1) is 17.3 Å². The molecular weight excluding hydrogens is 329 g/mol. The molecule has 0 aliphatic heterocycles. The Morgan fingerprint density at radius 2 is 2.14 bits per heavy atom. The molecule has 1 aromatic carbocycles. The molecule has 0 saturated carbocycles. The first-order chi connectivity index (χ1) is 9.95. The fourth-order valence-corrected chi connectivity index (χ4v) is 2.70. The molecule has 0 radical (unpaired) electrons. The average molecular weight is 344 g/mol. The van der Waals surface area contributed by atoms with Gasteiger partial charge in [0.2, 0.25) is 5.91 Å². The van der Waals surface area contributed by atoms with Crippen molar-refractivity contribution >= 4 is 51.8 Å². The molecule has 0 unspecified atom stereocenters. The Bertz CT molecular complexity index is 643. The van der Waals surface area contributed by atoms with Gasteiger partial charge in [-0.3, -0.25) is 4.79 Å². The molecule has 1 aromatic heterocycles. The first kappa shape index (κ1) is 16.1. The lowest BCUT2D eigenvalue weighted by Crippen LogP contribution is -2.17. The molecule has 0 atom stereocenters. The average Bonchev–Trinajstić information content (AvgIpc) is 2.84. The number of aromatic nitrogens is 1. The topological polar surface area (TPSA) is 54.0 Å². The fraction of sp³-hybridized carbons (Fsp3) is 0.286. The number of carbonyl (C=O) groups excluding carboxylic acids is 1. The van der Waals surface area contributed by atoms with Crippen LogP contribution >= 0.6 is 34.5 Å². The third kappa shape index (κ3) is 4.59. The molecule has 7 heteroatoms. The van der Waals surface area contributed by atoms with Crippen LogP contribution in [-0.2, 0) is 11.3 Å². The number of nitrogens with one attached hydrogen (secondary N) is 2. The van der Waals surface area contributed by atoms with Crippen molar-refractivity contribution in [3.8, 4) is 0 Å². The predicted octanol–water partition coefficient (Wildman–Crippen LogP) is 4.66. The molecule has 112 valence electrons. The van der Waals surface area contributed by atoms with E-state index in [-0.39, 0.29) is 11.8 Å². The Morgan fingerprint density at radius 3 is 2.71 bits per heavy atom. The lowest BCUT2D eigenvalue weighted by atomic mass is 10.2. The Labute approximate surface area is 137 Å². The minimum atomic E-state index is -0.0880. The fourth-order valence-electron chi connectivity index (χ4n) is 1.56. The molecule has 2 rings (SSSR count). The van der Waals surface area contributed by atoms with E-state index >= 15 is 0 Å². The Hall–Kier alpha value is -1.30. The third-order valence-corrected chi connectivity index (χ3v) is 4.17. The van der Waals surface area contributed by atoms with Crippen molar-refractivity contribution in [1.29, 1.82) is 0 Å². The number of benzene rings is 1. The van der Waals surface area contributed by atoms with Crippen LogP contribution in [0.1, 0.15) is 18.7 Å². The highest BCUT2D eigenvalue weighted by Gasteiger charge is 2.10. The highest BCUT2D eigenvalue weighted by atomic mass is 35.5. The smallest absolute Gasteiger partial charge is 0.226 e. The summed E-state index contributed by atoms with van der Waals surface area (Å²) in [6.07, 6.45) is 1.73. The van der Waals surface area contributed by atoms with Crippen LogP contribution in [0, 0.1) is 5.92 Å². The van der Waals surface area contributed by atoms with E-state index in [0.717, 1.165) is 10.6 Å². The Morgan fingerprint density at radius 1 is 1.38 bits per heavy atom. The molecule has 1 amide bonds. The van der Waals surface area contributed by atoms with Gasteiger partial charge in [0, 0.05) is 22.7 Å². The van der Waals surface area contributed by atoms with Crippen molar-refractivity contribution < 1.29 is 4.79 Å². The van der Waals surface area contributed by atoms with Crippen molar-refractivity contribution in [2.24, 2.45) is 5.92 Å². The van der Waals surface area contributed by atoms with Gasteiger partial charge in [0.15, 0.2) is 4.47 Å². The van der Waals surface area contributed by atoms with Crippen molar-refractivity contribution in [3.63, 3.8) is 0 Å². The molecular formula is C14H15Cl2N3OS. The van der Waals surface area contributed by atoms with Crippen LogP contribution in [0.3, 0.4) is 0 Å². The summed E-state index contributed by atoms with van der Waals surface area (Å²) in [5.41, 5.74) is 1.48. The lowest BCUT2D eigenvalue weighted by Gasteiger charge is -2.11. The maximum Gasteiger partial charge on any atom is 0.226 e. The number of thiazole rings is 1. The molecule has 4 nitrogen and oxygen atoms in total.